The summed E-state index contributed by atoms with van der Waals surface area (Å²) in [6, 6.07) is 5.66. The van der Waals surface area contributed by atoms with E-state index < -0.39 is 30.1 Å². The van der Waals surface area contributed by atoms with E-state index in [1.54, 1.807) is 0 Å². The summed E-state index contributed by atoms with van der Waals surface area (Å²) in [5.74, 6) is -2.56. The minimum Gasteiger partial charge on any atom is -0.479 e. The Kier molecular flexibility index (Phi) is 3.99. The largest absolute Gasteiger partial charge is 0.479 e. The molecule has 2 atom stereocenters. The summed E-state index contributed by atoms with van der Waals surface area (Å²) >= 11 is 0. The van der Waals surface area contributed by atoms with Crippen molar-refractivity contribution < 1.29 is 29.3 Å². The summed E-state index contributed by atoms with van der Waals surface area (Å²) in [6.07, 6.45) is -1.10. The second-order valence-corrected chi connectivity index (χ2v) is 4.40. The van der Waals surface area contributed by atoms with Crippen LogP contribution in [0.1, 0.15) is 23.2 Å². The molecule has 20 heavy (non-hydrogen) atoms. The number of carbonyl (C=O) groups is 3. The predicted octanol–water partition coefficient (Wildman–Crippen LogP) is 0.955. The van der Waals surface area contributed by atoms with E-state index in [0.717, 1.165) is 0 Å². The van der Waals surface area contributed by atoms with E-state index in [4.69, 9.17) is 14.9 Å². The second kappa shape index (κ2) is 5.70. The molecule has 1 aromatic rings. The molecule has 3 N–H and O–H groups in total. The Morgan fingerprint density at radius 3 is 2.15 bits per heavy atom. The predicted molar refractivity (Wildman–Crippen MR) is 67.6 cm³/mol. The van der Waals surface area contributed by atoms with Crippen molar-refractivity contribution in [2.45, 2.75) is 25.0 Å². The van der Waals surface area contributed by atoms with Gasteiger partial charge in [-0.2, -0.15) is 0 Å². The van der Waals surface area contributed by atoms with Crippen molar-refractivity contribution >= 4 is 23.5 Å². The van der Waals surface area contributed by atoms with Gasteiger partial charge < -0.3 is 20.3 Å². The first-order valence-electron chi connectivity index (χ1n) is 6.00. The van der Waals surface area contributed by atoms with Gasteiger partial charge in [0.05, 0.1) is 5.56 Å². The maximum Gasteiger partial charge on any atom is 0.335 e. The van der Waals surface area contributed by atoms with Gasteiger partial charge in [-0.3, -0.25) is 4.79 Å². The Balaban J connectivity index is 1.95. The topological polar surface area (TPSA) is 113 Å². The highest BCUT2D eigenvalue weighted by molar-refractivity contribution is 5.95. The summed E-state index contributed by atoms with van der Waals surface area (Å²) in [7, 11) is 0. The molecular weight excluding hydrogens is 266 g/mol. The van der Waals surface area contributed by atoms with Crippen molar-refractivity contribution in [1.29, 1.82) is 0 Å². The lowest BCUT2D eigenvalue weighted by atomic mass is 10.1. The van der Waals surface area contributed by atoms with Gasteiger partial charge in [-0.05, 0) is 37.1 Å². The van der Waals surface area contributed by atoms with Crippen LogP contribution in [0.5, 0.6) is 0 Å². The van der Waals surface area contributed by atoms with Crippen molar-refractivity contribution in [1.82, 2.24) is 0 Å². The average Bonchev–Trinajstić information content (AvgIpc) is 2.89. The number of benzene rings is 1. The molecular formula is C13H13NO6. The molecule has 2 unspecified atom stereocenters. The molecule has 0 spiro atoms. The number of carboxylic acids is 2. The molecule has 7 heteroatoms. The van der Waals surface area contributed by atoms with E-state index >= 15 is 0 Å². The molecule has 1 heterocycles. The zero-order chi connectivity index (χ0) is 14.7. The number of anilines is 1. The molecule has 1 saturated heterocycles. The maximum atomic E-state index is 11.9. The third-order valence-corrected chi connectivity index (χ3v) is 2.99. The van der Waals surface area contributed by atoms with Crippen LogP contribution in [0.2, 0.25) is 0 Å². The molecule has 0 bridgehead atoms. The molecule has 7 nitrogen and oxygen atoms in total. The first kappa shape index (κ1) is 14.0. The van der Waals surface area contributed by atoms with Crippen LogP contribution >= 0.6 is 0 Å². The van der Waals surface area contributed by atoms with Gasteiger partial charge in [-0.25, -0.2) is 9.59 Å². The summed E-state index contributed by atoms with van der Waals surface area (Å²) < 4.78 is 5.11. The van der Waals surface area contributed by atoms with E-state index in [1.165, 1.54) is 24.3 Å². The number of aromatic carboxylic acids is 1. The van der Waals surface area contributed by atoms with Gasteiger partial charge in [0, 0.05) is 5.69 Å². The van der Waals surface area contributed by atoms with Crippen molar-refractivity contribution in [2.24, 2.45) is 0 Å². The zero-order valence-corrected chi connectivity index (χ0v) is 10.4. The third kappa shape index (κ3) is 3.12. The molecule has 1 aliphatic heterocycles. The first-order chi connectivity index (χ1) is 9.47. The molecule has 0 radical (unpaired) electrons. The Morgan fingerprint density at radius 1 is 1.05 bits per heavy atom. The summed E-state index contributed by atoms with van der Waals surface area (Å²) in [6.45, 7) is 0. The fraction of sp³-hybridized carbons (Fsp3) is 0.308. The lowest BCUT2D eigenvalue weighted by Crippen LogP contribution is -2.29. The van der Waals surface area contributed by atoms with Crippen LogP contribution in [0, 0.1) is 0 Å². The third-order valence-electron chi connectivity index (χ3n) is 2.99. The van der Waals surface area contributed by atoms with Crippen LogP contribution in [-0.2, 0) is 14.3 Å². The van der Waals surface area contributed by atoms with Gasteiger partial charge in [-0.1, -0.05) is 0 Å². The highest BCUT2D eigenvalue weighted by Crippen LogP contribution is 2.21. The number of hydrogen-bond acceptors (Lipinski definition) is 4. The summed E-state index contributed by atoms with van der Waals surface area (Å²) in [5, 5.41) is 20.1. The van der Waals surface area contributed by atoms with Gasteiger partial charge in [0.1, 0.15) is 6.10 Å². The SMILES string of the molecule is O=C(O)c1ccc(NC(=O)C2CCC(C(=O)O)O2)cc1. The minimum absolute atomic E-state index is 0.117. The van der Waals surface area contributed by atoms with Gasteiger partial charge >= 0.3 is 11.9 Å². The normalized spacial score (nSPS) is 21.4. The van der Waals surface area contributed by atoms with E-state index in [-0.39, 0.29) is 5.56 Å². The molecule has 106 valence electrons. The number of carboxylic acid groups (broad SMARTS) is 2. The average molecular weight is 279 g/mol. The van der Waals surface area contributed by atoms with Crippen molar-refractivity contribution in [2.75, 3.05) is 5.32 Å². The monoisotopic (exact) mass is 279 g/mol. The van der Waals surface area contributed by atoms with Crippen LogP contribution in [0.15, 0.2) is 24.3 Å². The minimum atomic E-state index is -1.08. The van der Waals surface area contributed by atoms with Crippen molar-refractivity contribution in [3.8, 4) is 0 Å². The highest BCUT2D eigenvalue weighted by atomic mass is 16.5. The molecule has 0 saturated carbocycles. The Hall–Kier alpha value is -2.41. The van der Waals surface area contributed by atoms with Crippen molar-refractivity contribution in [3.63, 3.8) is 0 Å². The van der Waals surface area contributed by atoms with E-state index in [9.17, 15) is 14.4 Å². The maximum absolute atomic E-state index is 11.9. The Morgan fingerprint density at radius 2 is 1.65 bits per heavy atom. The number of carbonyl (C=O) groups excluding carboxylic acids is 1. The Bertz CT molecular complexity index is 538. The van der Waals surface area contributed by atoms with Crippen molar-refractivity contribution in [3.05, 3.63) is 29.8 Å². The summed E-state index contributed by atoms with van der Waals surface area (Å²) in [5.41, 5.74) is 0.549. The molecule has 1 aliphatic rings. The zero-order valence-electron chi connectivity index (χ0n) is 10.4. The number of amides is 1. The lowest BCUT2D eigenvalue weighted by molar-refractivity contribution is -0.150. The first-order valence-corrected chi connectivity index (χ1v) is 6.00. The smallest absolute Gasteiger partial charge is 0.335 e. The number of hydrogen-bond donors (Lipinski definition) is 3. The van der Waals surface area contributed by atoms with Crippen LogP contribution in [-0.4, -0.2) is 40.3 Å². The molecule has 0 aromatic heterocycles. The molecule has 1 aromatic carbocycles. The number of nitrogens with one attached hydrogen (secondary N) is 1. The van der Waals surface area contributed by atoms with Gasteiger partial charge in [0.25, 0.3) is 5.91 Å². The standard InChI is InChI=1S/C13H13NO6/c15-11(9-5-6-10(20-9)13(18)19)14-8-3-1-7(2-4-8)12(16)17/h1-4,9-10H,5-6H2,(H,14,15)(H,16,17)(H,18,19). The van der Waals surface area contributed by atoms with Crippen LogP contribution < -0.4 is 5.32 Å². The van der Waals surface area contributed by atoms with E-state index in [1.807, 2.05) is 0 Å². The van der Waals surface area contributed by atoms with Gasteiger partial charge in [0.15, 0.2) is 6.10 Å². The highest BCUT2D eigenvalue weighted by Gasteiger charge is 2.34. The number of ether oxygens (including phenoxy) is 1. The van der Waals surface area contributed by atoms with E-state index in [0.29, 0.717) is 18.5 Å². The van der Waals surface area contributed by atoms with E-state index in [2.05, 4.69) is 5.32 Å². The van der Waals surface area contributed by atoms with Crippen LogP contribution in [0.4, 0.5) is 5.69 Å². The number of rotatable bonds is 4. The lowest BCUT2D eigenvalue weighted by Gasteiger charge is -2.11. The molecule has 1 amide bonds. The quantitative estimate of drug-likeness (QED) is 0.756. The molecule has 1 fully saturated rings. The van der Waals surface area contributed by atoms with Gasteiger partial charge in [0.2, 0.25) is 0 Å². The van der Waals surface area contributed by atoms with Gasteiger partial charge in [-0.15, -0.1) is 0 Å². The van der Waals surface area contributed by atoms with Crippen LogP contribution in [0.25, 0.3) is 0 Å². The molecule has 2 rings (SSSR count). The fourth-order valence-electron chi connectivity index (χ4n) is 1.93. The van der Waals surface area contributed by atoms with Crippen LogP contribution in [0.3, 0.4) is 0 Å². The summed E-state index contributed by atoms with van der Waals surface area (Å²) in [4.78, 5) is 33.3. The fourth-order valence-corrected chi connectivity index (χ4v) is 1.93. The second-order valence-electron chi connectivity index (χ2n) is 4.40. The Labute approximate surface area is 114 Å². The number of aliphatic carboxylic acids is 1. The molecule has 0 aliphatic carbocycles.